The van der Waals surface area contributed by atoms with Crippen LogP contribution in [0.2, 0.25) is 5.02 Å². The van der Waals surface area contributed by atoms with Gasteiger partial charge in [0.05, 0.1) is 17.4 Å². The second-order valence-electron chi connectivity index (χ2n) is 6.02. The van der Waals surface area contributed by atoms with Crippen LogP contribution in [0.1, 0.15) is 16.7 Å². The van der Waals surface area contributed by atoms with Gasteiger partial charge in [0.2, 0.25) is 5.91 Å². The second-order valence-corrected chi connectivity index (χ2v) is 6.45. The molecular formula is C19H16ClNO5. The van der Waals surface area contributed by atoms with Gasteiger partial charge in [0, 0.05) is 22.8 Å². The highest BCUT2D eigenvalue weighted by Gasteiger charge is 2.18. The maximum Gasteiger partial charge on any atom is 0.340 e. The summed E-state index contributed by atoms with van der Waals surface area (Å²) in [5.41, 5.74) is 1.30. The van der Waals surface area contributed by atoms with Gasteiger partial charge in [-0.25, -0.2) is 4.79 Å². The molecule has 0 spiro atoms. The predicted molar refractivity (Wildman–Crippen MR) is 99.1 cm³/mol. The van der Waals surface area contributed by atoms with E-state index < -0.39 is 11.5 Å². The van der Waals surface area contributed by atoms with E-state index in [0.29, 0.717) is 16.3 Å². The second kappa shape index (κ2) is 6.72. The van der Waals surface area contributed by atoms with Crippen LogP contribution in [0.4, 0.5) is 5.69 Å². The summed E-state index contributed by atoms with van der Waals surface area (Å²) in [5, 5.41) is 23.1. The number of hydrogen-bond donors (Lipinski definition) is 3. The van der Waals surface area contributed by atoms with Gasteiger partial charge in [0.25, 0.3) is 0 Å². The van der Waals surface area contributed by atoms with Crippen molar-refractivity contribution in [3.8, 4) is 11.5 Å². The summed E-state index contributed by atoms with van der Waals surface area (Å²) >= 11 is 5.94. The van der Waals surface area contributed by atoms with Crippen LogP contribution in [0.5, 0.6) is 11.5 Å². The van der Waals surface area contributed by atoms with Gasteiger partial charge in [-0.15, -0.1) is 0 Å². The van der Waals surface area contributed by atoms with Crippen molar-refractivity contribution in [2.24, 2.45) is 0 Å². The van der Waals surface area contributed by atoms with E-state index in [-0.39, 0.29) is 34.5 Å². The fourth-order valence-electron chi connectivity index (χ4n) is 2.80. The highest BCUT2D eigenvalue weighted by Crippen LogP contribution is 2.32. The number of hydrogen-bond acceptors (Lipinski definition) is 5. The standard InChI is InChI=1S/C19H16ClNO5/c1-9-3-4-11(20)5-14(9)21-17(24)8-13-10(2)18-15(23)6-12(22)7-16(18)26-19(13)25/h3-7,22-23H,8H2,1-2H3,(H,21,24). The zero-order valence-corrected chi connectivity index (χ0v) is 14.8. The molecule has 3 aromatic rings. The molecule has 6 nitrogen and oxygen atoms in total. The van der Waals surface area contributed by atoms with E-state index >= 15 is 0 Å². The molecule has 0 bridgehead atoms. The van der Waals surface area contributed by atoms with Crippen molar-refractivity contribution in [3.63, 3.8) is 0 Å². The van der Waals surface area contributed by atoms with Gasteiger partial charge >= 0.3 is 5.63 Å². The third-order valence-corrected chi connectivity index (χ3v) is 4.39. The van der Waals surface area contributed by atoms with Crippen LogP contribution in [0.3, 0.4) is 0 Å². The molecule has 134 valence electrons. The van der Waals surface area contributed by atoms with Crippen LogP contribution in [0.25, 0.3) is 11.0 Å². The summed E-state index contributed by atoms with van der Waals surface area (Å²) in [5.74, 6) is -0.864. The maximum atomic E-state index is 12.4. The smallest absolute Gasteiger partial charge is 0.340 e. The molecule has 3 rings (SSSR count). The number of carbonyl (C=O) groups excluding carboxylic acids is 1. The molecule has 0 saturated carbocycles. The lowest BCUT2D eigenvalue weighted by atomic mass is 10.0. The molecule has 1 amide bonds. The molecule has 7 heteroatoms. The Labute approximate surface area is 153 Å². The highest BCUT2D eigenvalue weighted by molar-refractivity contribution is 6.31. The number of aryl methyl sites for hydroxylation is 2. The van der Waals surface area contributed by atoms with Crippen molar-refractivity contribution >= 4 is 34.2 Å². The first-order valence-electron chi connectivity index (χ1n) is 7.80. The molecule has 0 fully saturated rings. The Balaban J connectivity index is 1.97. The zero-order chi connectivity index (χ0) is 19.0. The molecule has 26 heavy (non-hydrogen) atoms. The van der Waals surface area contributed by atoms with Gasteiger partial charge in [-0.3, -0.25) is 4.79 Å². The van der Waals surface area contributed by atoms with E-state index in [1.165, 1.54) is 6.07 Å². The number of halogens is 1. The Morgan fingerprint density at radius 1 is 1.19 bits per heavy atom. The number of phenolic OH excluding ortho intramolecular Hbond substituents is 2. The SMILES string of the molecule is Cc1ccc(Cl)cc1NC(=O)Cc1c(C)c2c(O)cc(O)cc2oc1=O. The Bertz CT molecular complexity index is 1090. The first kappa shape index (κ1) is 17.8. The number of anilines is 1. The minimum Gasteiger partial charge on any atom is -0.508 e. The average molecular weight is 374 g/mol. The van der Waals surface area contributed by atoms with Crippen LogP contribution < -0.4 is 10.9 Å². The first-order valence-corrected chi connectivity index (χ1v) is 8.18. The van der Waals surface area contributed by atoms with Gasteiger partial charge in [0.15, 0.2) is 0 Å². The van der Waals surface area contributed by atoms with Gasteiger partial charge in [-0.2, -0.15) is 0 Å². The minimum absolute atomic E-state index is 0.0554. The first-order chi connectivity index (χ1) is 12.3. The quantitative estimate of drug-likeness (QED) is 0.608. The lowest BCUT2D eigenvalue weighted by molar-refractivity contribution is -0.115. The van der Waals surface area contributed by atoms with Crippen LogP contribution in [-0.2, 0) is 11.2 Å². The number of fused-ring (bicyclic) bond motifs is 1. The number of benzene rings is 2. The fourth-order valence-corrected chi connectivity index (χ4v) is 2.97. The summed E-state index contributed by atoms with van der Waals surface area (Å²) in [6.45, 7) is 3.44. The summed E-state index contributed by atoms with van der Waals surface area (Å²) in [6, 6.07) is 7.50. The Morgan fingerprint density at radius 2 is 1.92 bits per heavy atom. The van der Waals surface area contributed by atoms with E-state index in [4.69, 9.17) is 16.0 Å². The lowest BCUT2D eigenvalue weighted by Crippen LogP contribution is -2.21. The van der Waals surface area contributed by atoms with Crippen molar-refractivity contribution in [1.82, 2.24) is 0 Å². The van der Waals surface area contributed by atoms with Crippen molar-refractivity contribution in [1.29, 1.82) is 0 Å². The van der Waals surface area contributed by atoms with Crippen molar-refractivity contribution < 1.29 is 19.4 Å². The lowest BCUT2D eigenvalue weighted by Gasteiger charge is -2.11. The number of carbonyl (C=O) groups is 1. The normalized spacial score (nSPS) is 10.9. The Morgan fingerprint density at radius 3 is 2.65 bits per heavy atom. The van der Waals surface area contributed by atoms with Gasteiger partial charge in [-0.05, 0) is 37.1 Å². The van der Waals surface area contributed by atoms with Crippen molar-refractivity contribution in [2.75, 3.05) is 5.32 Å². The maximum absolute atomic E-state index is 12.4. The average Bonchev–Trinajstić information content (AvgIpc) is 2.54. The van der Waals surface area contributed by atoms with E-state index in [9.17, 15) is 19.8 Å². The molecule has 0 unspecified atom stereocenters. The molecule has 0 radical (unpaired) electrons. The third-order valence-electron chi connectivity index (χ3n) is 4.15. The van der Waals surface area contributed by atoms with Gasteiger partial charge in [-0.1, -0.05) is 17.7 Å². The van der Waals surface area contributed by atoms with E-state index in [2.05, 4.69) is 5.32 Å². The fraction of sp³-hybridized carbons (Fsp3) is 0.158. The van der Waals surface area contributed by atoms with Gasteiger partial charge in [0.1, 0.15) is 17.1 Å². The number of nitrogens with one attached hydrogen (secondary N) is 1. The molecule has 1 heterocycles. The van der Waals surface area contributed by atoms with Crippen molar-refractivity contribution in [3.05, 3.63) is 62.5 Å². The number of aromatic hydroxyl groups is 2. The molecule has 2 aromatic carbocycles. The molecule has 0 aliphatic carbocycles. The molecule has 1 aromatic heterocycles. The molecule has 0 saturated heterocycles. The van der Waals surface area contributed by atoms with E-state index in [1.807, 2.05) is 6.92 Å². The summed E-state index contributed by atoms with van der Waals surface area (Å²) in [4.78, 5) is 24.6. The largest absolute Gasteiger partial charge is 0.508 e. The molecule has 0 atom stereocenters. The zero-order valence-electron chi connectivity index (χ0n) is 14.1. The number of rotatable bonds is 3. The number of phenols is 2. The Kier molecular flexibility index (Phi) is 4.61. The highest BCUT2D eigenvalue weighted by atomic mass is 35.5. The summed E-state index contributed by atoms with van der Waals surface area (Å²) in [6.07, 6.45) is -0.226. The topological polar surface area (TPSA) is 99.8 Å². The van der Waals surface area contributed by atoms with Crippen LogP contribution in [0, 0.1) is 13.8 Å². The molecule has 0 aliphatic rings. The molecule has 0 aliphatic heterocycles. The van der Waals surface area contributed by atoms with E-state index in [1.54, 1.807) is 25.1 Å². The Hall–Kier alpha value is -2.99. The summed E-state index contributed by atoms with van der Waals surface area (Å²) in [7, 11) is 0. The van der Waals surface area contributed by atoms with Crippen LogP contribution in [-0.4, -0.2) is 16.1 Å². The summed E-state index contributed by atoms with van der Waals surface area (Å²) < 4.78 is 5.15. The van der Waals surface area contributed by atoms with Crippen LogP contribution in [0.15, 0.2) is 39.5 Å². The predicted octanol–water partition coefficient (Wildman–Crippen LogP) is 3.66. The number of amides is 1. The van der Waals surface area contributed by atoms with Gasteiger partial charge < -0.3 is 19.9 Å². The molecular weight excluding hydrogens is 358 g/mol. The third kappa shape index (κ3) is 3.36. The van der Waals surface area contributed by atoms with E-state index in [0.717, 1.165) is 11.6 Å². The monoisotopic (exact) mass is 373 g/mol. The molecule has 3 N–H and O–H groups in total. The van der Waals surface area contributed by atoms with Crippen molar-refractivity contribution in [2.45, 2.75) is 20.3 Å². The minimum atomic E-state index is -0.696. The van der Waals surface area contributed by atoms with Crippen LogP contribution >= 0.6 is 11.6 Å².